The maximum Gasteiger partial charge on any atom is 0.236 e. The fourth-order valence-corrected chi connectivity index (χ4v) is 2.12. The van der Waals surface area contributed by atoms with Crippen LogP contribution < -0.4 is 5.32 Å². The van der Waals surface area contributed by atoms with Crippen molar-refractivity contribution in [3.8, 4) is 0 Å². The third-order valence-electron chi connectivity index (χ3n) is 3.04. The molecule has 1 fully saturated rings. The van der Waals surface area contributed by atoms with Crippen LogP contribution in [0, 0.1) is 0 Å². The van der Waals surface area contributed by atoms with Crippen LogP contribution >= 0.6 is 12.4 Å². The molecule has 1 heterocycles. The molecule has 1 N–H and O–H groups in total. The van der Waals surface area contributed by atoms with Gasteiger partial charge in [0, 0.05) is 19.1 Å². The molecule has 0 spiro atoms. The summed E-state index contributed by atoms with van der Waals surface area (Å²) in [6.45, 7) is 4.14. The minimum Gasteiger partial charge on any atom is -0.340 e. The monoisotopic (exact) mass is 254 g/mol. The van der Waals surface area contributed by atoms with E-state index in [2.05, 4.69) is 29.6 Å². The molecular formula is C13H19ClN2O. The lowest BCUT2D eigenvalue weighted by Crippen LogP contribution is -2.54. The number of nitrogens with one attached hydrogen (secondary N) is 1. The molecule has 0 aliphatic carbocycles. The molecule has 4 heteroatoms. The molecule has 0 bridgehead atoms. The van der Waals surface area contributed by atoms with Crippen LogP contribution in [0.15, 0.2) is 30.3 Å². The van der Waals surface area contributed by atoms with Gasteiger partial charge in [-0.1, -0.05) is 30.3 Å². The van der Waals surface area contributed by atoms with Gasteiger partial charge in [0.2, 0.25) is 5.91 Å². The van der Waals surface area contributed by atoms with Crippen molar-refractivity contribution in [1.29, 1.82) is 0 Å². The SMILES string of the molecule is CCN1CC(Cc2ccccc2)NCC1=O.Cl. The van der Waals surface area contributed by atoms with Gasteiger partial charge in [0.05, 0.1) is 6.54 Å². The van der Waals surface area contributed by atoms with Gasteiger partial charge in [-0.05, 0) is 18.9 Å². The van der Waals surface area contributed by atoms with E-state index in [-0.39, 0.29) is 18.3 Å². The van der Waals surface area contributed by atoms with E-state index in [1.54, 1.807) is 0 Å². The number of nitrogens with zero attached hydrogens (tertiary/aromatic N) is 1. The summed E-state index contributed by atoms with van der Waals surface area (Å²) in [6, 6.07) is 10.8. The maximum absolute atomic E-state index is 11.5. The minimum absolute atomic E-state index is 0. The summed E-state index contributed by atoms with van der Waals surface area (Å²) < 4.78 is 0. The van der Waals surface area contributed by atoms with Crippen LogP contribution in [-0.2, 0) is 11.2 Å². The first-order valence-electron chi connectivity index (χ1n) is 5.84. The van der Waals surface area contributed by atoms with Crippen molar-refractivity contribution >= 4 is 18.3 Å². The van der Waals surface area contributed by atoms with E-state index in [1.165, 1.54) is 5.56 Å². The van der Waals surface area contributed by atoms with Crippen LogP contribution in [0.4, 0.5) is 0 Å². The third-order valence-corrected chi connectivity index (χ3v) is 3.04. The van der Waals surface area contributed by atoms with Crippen LogP contribution in [0.3, 0.4) is 0 Å². The van der Waals surface area contributed by atoms with Crippen LogP contribution in [-0.4, -0.2) is 36.5 Å². The van der Waals surface area contributed by atoms with E-state index in [9.17, 15) is 4.79 Å². The van der Waals surface area contributed by atoms with Crippen LogP contribution in [0.1, 0.15) is 12.5 Å². The predicted molar refractivity (Wildman–Crippen MR) is 71.4 cm³/mol. The first-order chi connectivity index (χ1) is 7.79. The molecule has 0 aromatic heterocycles. The summed E-state index contributed by atoms with van der Waals surface area (Å²) in [5.74, 6) is 0.215. The summed E-state index contributed by atoms with van der Waals surface area (Å²) in [6.07, 6.45) is 0.991. The van der Waals surface area contributed by atoms with Gasteiger partial charge in [-0.3, -0.25) is 4.79 Å². The molecule has 94 valence electrons. The van der Waals surface area contributed by atoms with Gasteiger partial charge in [-0.15, -0.1) is 12.4 Å². The lowest BCUT2D eigenvalue weighted by atomic mass is 10.0. The van der Waals surface area contributed by atoms with E-state index >= 15 is 0 Å². The number of hydrogen-bond donors (Lipinski definition) is 1. The van der Waals surface area contributed by atoms with Crippen molar-refractivity contribution in [3.63, 3.8) is 0 Å². The Bertz CT molecular complexity index is 356. The summed E-state index contributed by atoms with van der Waals surface area (Å²) in [7, 11) is 0. The maximum atomic E-state index is 11.5. The van der Waals surface area contributed by atoms with Gasteiger partial charge in [0.25, 0.3) is 0 Å². The normalized spacial score (nSPS) is 19.9. The number of halogens is 1. The van der Waals surface area contributed by atoms with E-state index in [0.29, 0.717) is 12.6 Å². The number of likely N-dealkylation sites (N-methyl/N-ethyl adjacent to an activating group) is 1. The smallest absolute Gasteiger partial charge is 0.236 e. The molecular weight excluding hydrogens is 236 g/mol. The summed E-state index contributed by atoms with van der Waals surface area (Å²) in [5, 5.41) is 3.29. The fourth-order valence-electron chi connectivity index (χ4n) is 2.12. The summed E-state index contributed by atoms with van der Waals surface area (Å²) in [4.78, 5) is 13.4. The first-order valence-corrected chi connectivity index (χ1v) is 5.84. The molecule has 17 heavy (non-hydrogen) atoms. The summed E-state index contributed by atoms with van der Waals surface area (Å²) >= 11 is 0. The highest BCUT2D eigenvalue weighted by atomic mass is 35.5. The van der Waals surface area contributed by atoms with Gasteiger partial charge in [0.1, 0.15) is 0 Å². The Morgan fingerprint density at radius 2 is 2.06 bits per heavy atom. The van der Waals surface area contributed by atoms with Crippen molar-refractivity contribution < 1.29 is 4.79 Å². The number of benzene rings is 1. The Balaban J connectivity index is 0.00000144. The first kappa shape index (κ1) is 14.0. The molecule has 1 amide bonds. The van der Waals surface area contributed by atoms with E-state index in [4.69, 9.17) is 0 Å². The second kappa shape index (κ2) is 6.62. The zero-order valence-corrected chi connectivity index (χ0v) is 10.9. The molecule has 1 atom stereocenters. The van der Waals surface area contributed by atoms with Crippen molar-refractivity contribution in [1.82, 2.24) is 10.2 Å². The van der Waals surface area contributed by atoms with E-state index < -0.39 is 0 Å². The molecule has 1 unspecified atom stereocenters. The number of carbonyl (C=O) groups is 1. The van der Waals surface area contributed by atoms with Crippen LogP contribution in [0.5, 0.6) is 0 Å². The fraction of sp³-hybridized carbons (Fsp3) is 0.462. The number of hydrogen-bond acceptors (Lipinski definition) is 2. The number of amides is 1. The Labute approximate surface area is 109 Å². The van der Waals surface area contributed by atoms with Crippen molar-refractivity contribution in [2.24, 2.45) is 0 Å². The number of carbonyl (C=O) groups excluding carboxylic acids is 1. The van der Waals surface area contributed by atoms with Gasteiger partial charge in [-0.25, -0.2) is 0 Å². The zero-order chi connectivity index (χ0) is 11.4. The average Bonchev–Trinajstić information content (AvgIpc) is 2.33. The second-order valence-electron chi connectivity index (χ2n) is 4.20. The Hall–Kier alpha value is -1.06. The number of piperazine rings is 1. The highest BCUT2D eigenvalue weighted by Crippen LogP contribution is 2.07. The molecule has 0 radical (unpaired) electrons. The molecule has 1 saturated heterocycles. The van der Waals surface area contributed by atoms with Crippen molar-refractivity contribution in [3.05, 3.63) is 35.9 Å². The quantitative estimate of drug-likeness (QED) is 0.886. The highest BCUT2D eigenvalue weighted by molar-refractivity contribution is 5.85. The third kappa shape index (κ3) is 3.72. The average molecular weight is 255 g/mol. The molecule has 1 aromatic rings. The molecule has 3 nitrogen and oxygen atoms in total. The lowest BCUT2D eigenvalue weighted by molar-refractivity contribution is -0.132. The number of rotatable bonds is 3. The Kier molecular flexibility index (Phi) is 5.45. The van der Waals surface area contributed by atoms with Gasteiger partial charge < -0.3 is 10.2 Å². The van der Waals surface area contributed by atoms with Crippen LogP contribution in [0.25, 0.3) is 0 Å². The molecule has 1 aromatic carbocycles. The molecule has 1 aliphatic rings. The standard InChI is InChI=1S/C13H18N2O.ClH/c1-2-15-10-12(14-9-13(15)16)8-11-6-4-3-5-7-11;/h3-7,12,14H,2,8-10H2,1H3;1H. The predicted octanol–water partition coefficient (Wildman–Crippen LogP) is 1.47. The summed E-state index contributed by atoms with van der Waals surface area (Å²) in [5.41, 5.74) is 1.32. The van der Waals surface area contributed by atoms with Crippen LogP contribution in [0.2, 0.25) is 0 Å². The highest BCUT2D eigenvalue weighted by Gasteiger charge is 2.23. The molecule has 0 saturated carbocycles. The topological polar surface area (TPSA) is 32.3 Å². The van der Waals surface area contributed by atoms with Gasteiger partial charge >= 0.3 is 0 Å². The molecule has 2 rings (SSSR count). The van der Waals surface area contributed by atoms with Gasteiger partial charge in [-0.2, -0.15) is 0 Å². The van der Waals surface area contributed by atoms with Crippen molar-refractivity contribution in [2.45, 2.75) is 19.4 Å². The van der Waals surface area contributed by atoms with Gasteiger partial charge in [0.15, 0.2) is 0 Å². The van der Waals surface area contributed by atoms with E-state index in [0.717, 1.165) is 19.5 Å². The minimum atomic E-state index is 0. The lowest BCUT2D eigenvalue weighted by Gasteiger charge is -2.32. The Morgan fingerprint density at radius 1 is 1.35 bits per heavy atom. The largest absolute Gasteiger partial charge is 0.340 e. The van der Waals surface area contributed by atoms with E-state index in [1.807, 2.05) is 17.9 Å². The second-order valence-corrected chi connectivity index (χ2v) is 4.20. The Morgan fingerprint density at radius 3 is 2.71 bits per heavy atom. The molecule has 1 aliphatic heterocycles. The van der Waals surface area contributed by atoms with Crippen molar-refractivity contribution in [2.75, 3.05) is 19.6 Å². The zero-order valence-electron chi connectivity index (χ0n) is 10.1.